The number of thioether (sulfide) groups is 1. The third kappa shape index (κ3) is 2.83. The minimum Gasteiger partial charge on any atom is -0.264 e. The van der Waals surface area contributed by atoms with Gasteiger partial charge in [-0.15, -0.1) is 5.10 Å². The van der Waals surface area contributed by atoms with E-state index in [0.717, 1.165) is 5.56 Å². The first kappa shape index (κ1) is 12.7. The van der Waals surface area contributed by atoms with Gasteiger partial charge in [0.1, 0.15) is 5.82 Å². The molecule has 0 bridgehead atoms. The molecule has 0 amide bonds. The van der Waals surface area contributed by atoms with Crippen molar-refractivity contribution in [2.45, 2.75) is 10.9 Å². The van der Waals surface area contributed by atoms with Gasteiger partial charge in [0, 0.05) is 18.1 Å². The number of rotatable bonds is 4. The van der Waals surface area contributed by atoms with Crippen LogP contribution in [0.25, 0.3) is 5.69 Å². The van der Waals surface area contributed by atoms with Crippen LogP contribution in [0.15, 0.2) is 53.9 Å². The number of hydrogen-bond acceptors (Lipinski definition) is 5. The van der Waals surface area contributed by atoms with Crippen LogP contribution in [0.4, 0.5) is 4.39 Å². The molecule has 0 spiro atoms. The highest BCUT2D eigenvalue weighted by molar-refractivity contribution is 7.98. The van der Waals surface area contributed by atoms with Crippen molar-refractivity contribution >= 4 is 11.8 Å². The molecule has 0 saturated carbocycles. The minimum absolute atomic E-state index is 0.318. The molecule has 5 nitrogen and oxygen atoms in total. The fourth-order valence-electron chi connectivity index (χ4n) is 1.67. The Hall–Kier alpha value is -2.28. The molecule has 0 saturated heterocycles. The second kappa shape index (κ2) is 5.79. The molecule has 0 fully saturated rings. The summed E-state index contributed by atoms with van der Waals surface area (Å²) >= 11 is 1.47. The molecule has 3 aromatic rings. The molecular weight excluding hydrogens is 277 g/mol. The van der Waals surface area contributed by atoms with Crippen molar-refractivity contribution < 1.29 is 4.39 Å². The van der Waals surface area contributed by atoms with Gasteiger partial charge in [0.25, 0.3) is 0 Å². The number of benzene rings is 1. The smallest absolute Gasteiger partial charge is 0.214 e. The van der Waals surface area contributed by atoms with Gasteiger partial charge in [0.05, 0.1) is 5.69 Å². The van der Waals surface area contributed by atoms with E-state index < -0.39 is 0 Å². The normalized spacial score (nSPS) is 10.7. The molecule has 20 heavy (non-hydrogen) atoms. The Morgan fingerprint density at radius 3 is 2.95 bits per heavy atom. The van der Waals surface area contributed by atoms with Crippen LogP contribution >= 0.6 is 11.8 Å². The van der Waals surface area contributed by atoms with Crippen molar-refractivity contribution in [1.82, 2.24) is 25.2 Å². The van der Waals surface area contributed by atoms with Gasteiger partial charge >= 0.3 is 0 Å². The van der Waals surface area contributed by atoms with E-state index >= 15 is 0 Å². The summed E-state index contributed by atoms with van der Waals surface area (Å²) < 4.78 is 14.8. The van der Waals surface area contributed by atoms with Crippen molar-refractivity contribution in [3.8, 4) is 5.69 Å². The van der Waals surface area contributed by atoms with E-state index in [1.165, 1.54) is 28.6 Å². The molecule has 0 radical (unpaired) electrons. The molecule has 3 rings (SSSR count). The van der Waals surface area contributed by atoms with E-state index in [4.69, 9.17) is 0 Å². The first-order valence-electron chi connectivity index (χ1n) is 5.89. The van der Waals surface area contributed by atoms with E-state index in [1.807, 2.05) is 12.1 Å². The topological polar surface area (TPSA) is 56.5 Å². The monoisotopic (exact) mass is 287 g/mol. The summed E-state index contributed by atoms with van der Waals surface area (Å²) in [6.45, 7) is 0. The Labute approximate surface area is 118 Å². The lowest BCUT2D eigenvalue weighted by Crippen LogP contribution is -1.99. The van der Waals surface area contributed by atoms with Gasteiger partial charge in [-0.3, -0.25) is 4.98 Å². The summed E-state index contributed by atoms with van der Waals surface area (Å²) in [7, 11) is 0. The second-order valence-electron chi connectivity index (χ2n) is 4.00. The Morgan fingerprint density at radius 1 is 1.20 bits per heavy atom. The molecule has 0 atom stereocenters. The van der Waals surface area contributed by atoms with E-state index in [2.05, 4.69) is 20.5 Å². The molecule has 7 heteroatoms. The maximum absolute atomic E-state index is 13.2. The summed E-state index contributed by atoms with van der Waals surface area (Å²) in [5, 5.41) is 12.1. The molecule has 1 aromatic carbocycles. The highest BCUT2D eigenvalue weighted by atomic mass is 32.2. The SMILES string of the molecule is Fc1cccc(-n2nnnc2SCc2cccnc2)c1. The van der Waals surface area contributed by atoms with Crippen LogP contribution in [0, 0.1) is 5.82 Å². The quantitative estimate of drug-likeness (QED) is 0.690. The highest BCUT2D eigenvalue weighted by Crippen LogP contribution is 2.22. The zero-order valence-corrected chi connectivity index (χ0v) is 11.2. The molecule has 0 aliphatic heterocycles. The van der Waals surface area contributed by atoms with Gasteiger partial charge in [-0.1, -0.05) is 23.9 Å². The zero-order chi connectivity index (χ0) is 13.8. The van der Waals surface area contributed by atoms with Gasteiger partial charge in [0.15, 0.2) is 0 Å². The Balaban J connectivity index is 1.80. The van der Waals surface area contributed by atoms with E-state index in [0.29, 0.717) is 16.6 Å². The molecule has 2 aromatic heterocycles. The molecule has 0 aliphatic rings. The first-order chi connectivity index (χ1) is 9.83. The van der Waals surface area contributed by atoms with Crippen LogP contribution in [0.3, 0.4) is 0 Å². The van der Waals surface area contributed by atoms with Crippen molar-refractivity contribution in [2.24, 2.45) is 0 Å². The number of hydrogen-bond donors (Lipinski definition) is 0. The van der Waals surface area contributed by atoms with Gasteiger partial charge in [-0.25, -0.2) is 4.39 Å². The maximum Gasteiger partial charge on any atom is 0.214 e. The predicted octanol–water partition coefficient (Wildman–Crippen LogP) is 2.49. The van der Waals surface area contributed by atoms with Crippen LogP contribution in [0.1, 0.15) is 5.56 Å². The molecule has 100 valence electrons. The lowest BCUT2D eigenvalue weighted by atomic mass is 10.3. The number of nitrogens with zero attached hydrogens (tertiary/aromatic N) is 5. The summed E-state index contributed by atoms with van der Waals surface area (Å²) in [5.74, 6) is 0.380. The van der Waals surface area contributed by atoms with E-state index in [-0.39, 0.29) is 5.82 Å². The first-order valence-corrected chi connectivity index (χ1v) is 6.87. The van der Waals surface area contributed by atoms with Gasteiger partial charge < -0.3 is 0 Å². The van der Waals surface area contributed by atoms with Crippen molar-refractivity contribution in [2.75, 3.05) is 0 Å². The summed E-state index contributed by atoms with van der Waals surface area (Å²) in [6, 6.07) is 10.0. The fourth-order valence-corrected chi connectivity index (χ4v) is 2.50. The van der Waals surface area contributed by atoms with E-state index in [9.17, 15) is 4.39 Å². The third-order valence-electron chi connectivity index (χ3n) is 2.58. The van der Waals surface area contributed by atoms with Crippen LogP contribution in [-0.2, 0) is 5.75 Å². The van der Waals surface area contributed by atoms with Crippen LogP contribution in [0.2, 0.25) is 0 Å². The average Bonchev–Trinajstić information content (AvgIpc) is 2.95. The van der Waals surface area contributed by atoms with Crippen LogP contribution in [0.5, 0.6) is 0 Å². The average molecular weight is 287 g/mol. The molecule has 2 heterocycles. The lowest BCUT2D eigenvalue weighted by molar-refractivity contribution is 0.623. The maximum atomic E-state index is 13.2. The summed E-state index contributed by atoms with van der Waals surface area (Å²) in [4.78, 5) is 4.06. The van der Waals surface area contributed by atoms with Crippen molar-refractivity contribution in [1.29, 1.82) is 0 Å². The second-order valence-corrected chi connectivity index (χ2v) is 4.95. The van der Waals surface area contributed by atoms with Gasteiger partial charge in [0.2, 0.25) is 5.16 Å². The standard InChI is InChI=1S/C13H10FN5S/c14-11-4-1-5-12(7-11)19-13(16-17-18-19)20-9-10-3-2-6-15-8-10/h1-8H,9H2. The Morgan fingerprint density at radius 2 is 2.15 bits per heavy atom. The van der Waals surface area contributed by atoms with E-state index in [1.54, 1.807) is 24.5 Å². The largest absolute Gasteiger partial charge is 0.264 e. The lowest BCUT2D eigenvalue weighted by Gasteiger charge is -2.04. The van der Waals surface area contributed by atoms with Gasteiger partial charge in [-0.05, 0) is 40.3 Å². The highest BCUT2D eigenvalue weighted by Gasteiger charge is 2.09. The Bertz CT molecular complexity index is 701. The molecule has 0 unspecified atom stereocenters. The molecule has 0 N–H and O–H groups in total. The number of tetrazole rings is 1. The van der Waals surface area contributed by atoms with Crippen LogP contribution < -0.4 is 0 Å². The zero-order valence-electron chi connectivity index (χ0n) is 10.3. The van der Waals surface area contributed by atoms with Crippen molar-refractivity contribution in [3.63, 3.8) is 0 Å². The van der Waals surface area contributed by atoms with Crippen molar-refractivity contribution in [3.05, 3.63) is 60.2 Å². The molecular formula is C13H10FN5S. The fraction of sp³-hybridized carbons (Fsp3) is 0.0769. The van der Waals surface area contributed by atoms with Crippen LogP contribution in [-0.4, -0.2) is 25.2 Å². The Kier molecular flexibility index (Phi) is 3.69. The number of halogens is 1. The molecule has 0 aliphatic carbocycles. The van der Waals surface area contributed by atoms with Gasteiger partial charge in [-0.2, -0.15) is 4.68 Å². The summed E-state index contributed by atoms with van der Waals surface area (Å²) in [5.41, 5.74) is 1.68. The summed E-state index contributed by atoms with van der Waals surface area (Å²) in [6.07, 6.45) is 3.52. The number of pyridine rings is 1. The number of aromatic nitrogens is 5. The minimum atomic E-state index is -0.318. The predicted molar refractivity (Wildman–Crippen MR) is 72.9 cm³/mol. The third-order valence-corrected chi connectivity index (χ3v) is 3.57.